The Bertz CT molecular complexity index is 1390. The third-order valence-corrected chi connectivity index (χ3v) is 14.8. The first kappa shape index (κ1) is 32.3. The molecule has 3 unspecified atom stereocenters. The van der Waals surface area contributed by atoms with Gasteiger partial charge in [-0.25, -0.2) is 4.79 Å². The van der Waals surface area contributed by atoms with Crippen LogP contribution in [0, 0.1) is 56.7 Å². The predicted molar refractivity (Wildman–Crippen MR) is 175 cm³/mol. The van der Waals surface area contributed by atoms with Crippen molar-refractivity contribution in [2.45, 2.75) is 105 Å². The van der Waals surface area contributed by atoms with E-state index in [9.17, 15) is 24.9 Å². The Morgan fingerprint density at radius 3 is 2.33 bits per heavy atom. The van der Waals surface area contributed by atoms with Crippen molar-refractivity contribution in [1.29, 1.82) is 0 Å². The SMILES string of the molecule is C[C@H]1[C@H](C)CC[C@]2(C(=O)O)CCC3(COC(=O)C=Cc4ccc(O)cc4)C(=CCC4[C@@]5(C)CC[C@H](O)C(C)(C)C5CC[C@]43C)[C@H]12. The Hall–Kier alpha value is -2.60. The normalized spacial score (nSPS) is 43.7. The summed E-state index contributed by atoms with van der Waals surface area (Å²) in [6.07, 6.45) is 12.9. The van der Waals surface area contributed by atoms with Crippen molar-refractivity contribution < 1.29 is 29.6 Å². The second-order valence-electron chi connectivity index (χ2n) is 16.8. The smallest absolute Gasteiger partial charge is 0.330 e. The largest absolute Gasteiger partial charge is 0.508 e. The first-order chi connectivity index (χ1) is 21.1. The highest BCUT2D eigenvalue weighted by Crippen LogP contribution is 2.76. The van der Waals surface area contributed by atoms with Gasteiger partial charge in [0.15, 0.2) is 0 Å². The summed E-state index contributed by atoms with van der Waals surface area (Å²) < 4.78 is 6.26. The number of hydrogen-bond acceptors (Lipinski definition) is 5. The molecule has 0 aliphatic heterocycles. The van der Waals surface area contributed by atoms with Gasteiger partial charge in [-0.1, -0.05) is 65.3 Å². The number of carbonyl (C=O) groups excluding carboxylic acids is 1. The highest BCUT2D eigenvalue weighted by atomic mass is 16.5. The number of carboxylic acid groups (broad SMARTS) is 1. The van der Waals surface area contributed by atoms with Gasteiger partial charge in [0.1, 0.15) is 12.4 Å². The van der Waals surface area contributed by atoms with E-state index in [2.05, 4.69) is 47.6 Å². The molecule has 5 aliphatic rings. The van der Waals surface area contributed by atoms with E-state index in [1.807, 2.05) is 0 Å². The van der Waals surface area contributed by atoms with Crippen LogP contribution >= 0.6 is 0 Å². The fourth-order valence-electron chi connectivity index (χ4n) is 12.0. The van der Waals surface area contributed by atoms with E-state index in [0.717, 1.165) is 44.1 Å². The third-order valence-electron chi connectivity index (χ3n) is 14.8. The Morgan fingerprint density at radius 1 is 0.933 bits per heavy atom. The molecule has 0 radical (unpaired) electrons. The van der Waals surface area contributed by atoms with Crippen molar-refractivity contribution >= 4 is 18.0 Å². The zero-order valence-corrected chi connectivity index (χ0v) is 28.1. The average Bonchev–Trinajstić information content (AvgIpc) is 2.99. The molecule has 0 spiro atoms. The first-order valence-corrected chi connectivity index (χ1v) is 17.4. The number of phenolic OH excluding ortho intramolecular Hbond substituents is 1. The Labute approximate surface area is 269 Å². The van der Waals surface area contributed by atoms with Crippen molar-refractivity contribution in [1.82, 2.24) is 0 Å². The van der Waals surface area contributed by atoms with E-state index in [-0.39, 0.29) is 46.5 Å². The molecular weight excluding hydrogens is 564 g/mol. The molecule has 6 heteroatoms. The van der Waals surface area contributed by atoms with Gasteiger partial charge in [0.05, 0.1) is 11.5 Å². The van der Waals surface area contributed by atoms with Crippen LogP contribution < -0.4 is 0 Å². The number of esters is 1. The van der Waals surface area contributed by atoms with Crippen LogP contribution in [0.2, 0.25) is 0 Å². The van der Waals surface area contributed by atoms with Crippen molar-refractivity contribution in [2.24, 2.45) is 56.7 Å². The number of aliphatic hydroxyl groups is 1. The average molecular weight is 619 g/mol. The maximum Gasteiger partial charge on any atom is 0.330 e. The van der Waals surface area contributed by atoms with Crippen molar-refractivity contribution in [3.05, 3.63) is 47.6 Å². The molecular formula is C39H54O6. The van der Waals surface area contributed by atoms with Crippen LogP contribution in [0.25, 0.3) is 6.08 Å². The number of allylic oxidation sites excluding steroid dienone is 1. The molecule has 0 amide bonds. The number of carbonyl (C=O) groups is 2. The predicted octanol–water partition coefficient (Wildman–Crippen LogP) is 8.03. The van der Waals surface area contributed by atoms with Gasteiger partial charge in [0, 0.05) is 11.5 Å². The molecule has 4 fully saturated rings. The molecule has 0 heterocycles. The molecule has 5 aliphatic carbocycles. The zero-order valence-electron chi connectivity index (χ0n) is 28.1. The van der Waals surface area contributed by atoms with Gasteiger partial charge in [0.25, 0.3) is 0 Å². The molecule has 6 nitrogen and oxygen atoms in total. The number of rotatable bonds is 5. The number of ether oxygens (including phenoxy) is 1. The van der Waals surface area contributed by atoms with Gasteiger partial charge in [-0.2, -0.15) is 0 Å². The molecule has 45 heavy (non-hydrogen) atoms. The topological polar surface area (TPSA) is 104 Å². The summed E-state index contributed by atoms with van der Waals surface area (Å²) in [7, 11) is 0. The molecule has 0 aromatic heterocycles. The number of carboxylic acids is 1. The second-order valence-corrected chi connectivity index (χ2v) is 16.8. The summed E-state index contributed by atoms with van der Waals surface area (Å²) in [4.78, 5) is 26.5. The van der Waals surface area contributed by atoms with Gasteiger partial charge in [-0.3, -0.25) is 4.79 Å². The first-order valence-electron chi connectivity index (χ1n) is 17.4. The summed E-state index contributed by atoms with van der Waals surface area (Å²) in [6.45, 7) is 14.2. The highest BCUT2D eigenvalue weighted by molar-refractivity contribution is 5.87. The van der Waals surface area contributed by atoms with E-state index in [1.165, 1.54) is 11.6 Å². The lowest BCUT2D eigenvalue weighted by atomic mass is 9.33. The lowest BCUT2D eigenvalue weighted by molar-refractivity contribution is -0.218. The molecule has 0 saturated heterocycles. The van der Waals surface area contributed by atoms with Crippen LogP contribution in [0.3, 0.4) is 0 Å². The van der Waals surface area contributed by atoms with Crippen molar-refractivity contribution in [2.75, 3.05) is 6.61 Å². The quantitative estimate of drug-likeness (QED) is 0.175. The standard InChI is InChI=1S/C39H54O6/c1-24-15-20-38(34(43)44)21-22-39(23-45-32(42)14-9-26-7-10-27(40)11-8-26)28(33(38)25(24)2)12-13-30-36(5)18-17-31(41)35(3,4)29(36)16-19-37(30,39)6/h7-12,14,24-25,29-31,33,40-41H,13,15-23H2,1-6H3,(H,43,44)/t24-,25+,29?,30?,31+,33+,36+,37-,38+,39?/m1/s1. The van der Waals surface area contributed by atoms with Crippen LogP contribution in [0.15, 0.2) is 42.0 Å². The van der Waals surface area contributed by atoms with Crippen molar-refractivity contribution in [3.63, 3.8) is 0 Å². The van der Waals surface area contributed by atoms with Crippen LogP contribution in [-0.4, -0.2) is 40.0 Å². The van der Waals surface area contributed by atoms with Crippen LogP contribution in [0.4, 0.5) is 0 Å². The molecule has 1 aromatic carbocycles. The summed E-state index contributed by atoms with van der Waals surface area (Å²) in [5, 5.41) is 31.6. The summed E-state index contributed by atoms with van der Waals surface area (Å²) >= 11 is 0. The van der Waals surface area contributed by atoms with Gasteiger partial charge < -0.3 is 20.1 Å². The molecule has 0 bridgehead atoms. The lowest BCUT2D eigenvalue weighted by Gasteiger charge is -2.71. The highest BCUT2D eigenvalue weighted by Gasteiger charge is 2.71. The molecule has 1 aromatic rings. The summed E-state index contributed by atoms with van der Waals surface area (Å²) in [6, 6.07) is 6.70. The number of hydrogen-bond donors (Lipinski definition) is 3. The Morgan fingerprint density at radius 2 is 1.64 bits per heavy atom. The Balaban J connectivity index is 1.42. The fourth-order valence-corrected chi connectivity index (χ4v) is 12.0. The second kappa shape index (κ2) is 11.0. The van der Waals surface area contributed by atoms with E-state index >= 15 is 0 Å². The maximum absolute atomic E-state index is 13.3. The van der Waals surface area contributed by atoms with Crippen LogP contribution in [0.5, 0.6) is 5.75 Å². The Kier molecular flexibility index (Phi) is 7.90. The molecule has 246 valence electrons. The monoisotopic (exact) mass is 618 g/mol. The van der Waals surface area contributed by atoms with Crippen molar-refractivity contribution in [3.8, 4) is 5.75 Å². The van der Waals surface area contributed by atoms with Gasteiger partial charge in [-0.15, -0.1) is 0 Å². The fraction of sp³-hybridized carbons (Fsp3) is 0.692. The number of aliphatic carboxylic acids is 1. The molecule has 10 atom stereocenters. The zero-order chi connectivity index (χ0) is 32.6. The minimum Gasteiger partial charge on any atom is -0.508 e. The van der Waals surface area contributed by atoms with Gasteiger partial charge in [-0.05, 0) is 127 Å². The summed E-state index contributed by atoms with van der Waals surface area (Å²) in [5.41, 5.74) is 0.520. The van der Waals surface area contributed by atoms with Crippen LogP contribution in [-0.2, 0) is 14.3 Å². The third kappa shape index (κ3) is 4.66. The molecule has 6 rings (SSSR count). The minimum absolute atomic E-state index is 0.0281. The van der Waals surface area contributed by atoms with Crippen LogP contribution in [0.1, 0.15) is 105 Å². The summed E-state index contributed by atoms with van der Waals surface area (Å²) in [5.74, 6) is 0.422. The van der Waals surface area contributed by atoms with E-state index in [1.54, 1.807) is 30.3 Å². The van der Waals surface area contributed by atoms with Gasteiger partial charge in [0.2, 0.25) is 0 Å². The lowest BCUT2D eigenvalue weighted by Crippen LogP contribution is -2.67. The molecule has 3 N–H and O–H groups in total. The maximum atomic E-state index is 13.3. The number of phenols is 1. The molecule has 4 saturated carbocycles. The van der Waals surface area contributed by atoms with E-state index in [0.29, 0.717) is 37.0 Å². The van der Waals surface area contributed by atoms with Gasteiger partial charge >= 0.3 is 11.9 Å². The number of fused-ring (bicyclic) bond motifs is 7. The van der Waals surface area contributed by atoms with E-state index < -0.39 is 22.8 Å². The minimum atomic E-state index is -0.773. The number of benzene rings is 1. The number of aromatic hydroxyl groups is 1. The number of aliphatic hydroxyl groups excluding tert-OH is 1. The van der Waals surface area contributed by atoms with E-state index in [4.69, 9.17) is 4.74 Å².